The molecule has 5 nitrogen and oxygen atoms in total. The van der Waals surface area contributed by atoms with Crippen LogP contribution in [0.3, 0.4) is 0 Å². The van der Waals surface area contributed by atoms with Crippen LogP contribution in [-0.4, -0.2) is 43.4 Å². The van der Waals surface area contributed by atoms with Crippen LogP contribution in [0.25, 0.3) is 10.9 Å². The fourth-order valence-corrected chi connectivity index (χ4v) is 4.27. The number of H-pyrrole nitrogens is 1. The molecule has 2 N–H and O–H groups in total. The first-order valence-electron chi connectivity index (χ1n) is 8.60. The van der Waals surface area contributed by atoms with E-state index in [-0.39, 0.29) is 24.0 Å². The van der Waals surface area contributed by atoms with Gasteiger partial charge in [-0.1, -0.05) is 0 Å². The first kappa shape index (κ1) is 15.7. The zero-order chi connectivity index (χ0) is 16.8. The van der Waals surface area contributed by atoms with Crippen LogP contribution in [0.5, 0.6) is 0 Å². The van der Waals surface area contributed by atoms with Gasteiger partial charge in [-0.25, -0.2) is 0 Å². The van der Waals surface area contributed by atoms with Gasteiger partial charge in [0.2, 0.25) is 0 Å². The van der Waals surface area contributed by atoms with E-state index in [1.54, 1.807) is 7.11 Å². The Labute approximate surface area is 141 Å². The standard InChI is InChI=1S/C19H24N2O3/c1-10-11(2)20-16-5-4-12(8-14(10)16)19(22)21-17-13-6-7-24-18(13)15(17)9-23-3/h4-5,8,13,15,17-18,20H,6-7,9H2,1-3H3,(H,21,22). The fourth-order valence-electron chi connectivity index (χ4n) is 4.27. The molecule has 1 aliphatic carbocycles. The summed E-state index contributed by atoms with van der Waals surface area (Å²) in [5.74, 6) is 0.673. The summed E-state index contributed by atoms with van der Waals surface area (Å²) in [5, 5.41) is 4.34. The van der Waals surface area contributed by atoms with Crippen molar-refractivity contribution in [3.8, 4) is 0 Å². The molecule has 1 saturated heterocycles. The third kappa shape index (κ3) is 2.34. The number of benzene rings is 1. The van der Waals surface area contributed by atoms with E-state index < -0.39 is 0 Å². The maximum absolute atomic E-state index is 12.7. The van der Waals surface area contributed by atoms with Crippen molar-refractivity contribution < 1.29 is 14.3 Å². The Hall–Kier alpha value is -1.85. The molecule has 2 fully saturated rings. The summed E-state index contributed by atoms with van der Waals surface area (Å²) in [7, 11) is 1.70. The van der Waals surface area contributed by atoms with Crippen molar-refractivity contribution in [1.82, 2.24) is 10.3 Å². The van der Waals surface area contributed by atoms with E-state index in [9.17, 15) is 4.79 Å². The van der Waals surface area contributed by atoms with E-state index in [0.717, 1.165) is 29.6 Å². The lowest BCUT2D eigenvalue weighted by atomic mass is 9.67. The van der Waals surface area contributed by atoms with Crippen LogP contribution < -0.4 is 5.32 Å². The van der Waals surface area contributed by atoms with Gasteiger partial charge in [0.1, 0.15) is 0 Å². The zero-order valence-electron chi connectivity index (χ0n) is 14.4. The largest absolute Gasteiger partial charge is 0.384 e. The minimum atomic E-state index is -0.00777. The Balaban J connectivity index is 1.54. The summed E-state index contributed by atoms with van der Waals surface area (Å²) >= 11 is 0. The molecule has 1 aromatic heterocycles. The molecule has 0 spiro atoms. The molecule has 4 unspecified atom stereocenters. The average Bonchev–Trinajstić information content (AvgIpc) is 3.12. The molecular weight excluding hydrogens is 304 g/mol. The molecule has 128 valence electrons. The molecule has 1 aliphatic heterocycles. The Kier molecular flexibility index (Phi) is 3.85. The molecule has 2 heterocycles. The predicted octanol–water partition coefficient (Wildman–Crippen LogP) is 2.56. The summed E-state index contributed by atoms with van der Waals surface area (Å²) in [6, 6.07) is 6.00. The first-order chi connectivity index (χ1) is 11.6. The molecule has 24 heavy (non-hydrogen) atoms. The summed E-state index contributed by atoms with van der Waals surface area (Å²) < 4.78 is 11.1. The van der Waals surface area contributed by atoms with Gasteiger partial charge in [0.15, 0.2) is 0 Å². The van der Waals surface area contributed by atoms with E-state index in [4.69, 9.17) is 9.47 Å². The molecular formula is C19H24N2O3. The van der Waals surface area contributed by atoms with Gasteiger partial charge in [-0.2, -0.15) is 0 Å². The number of fused-ring (bicyclic) bond motifs is 2. The van der Waals surface area contributed by atoms with Crippen molar-refractivity contribution >= 4 is 16.8 Å². The highest BCUT2D eigenvalue weighted by molar-refractivity contribution is 5.99. The van der Waals surface area contributed by atoms with Crippen molar-refractivity contribution in [3.63, 3.8) is 0 Å². The molecule has 4 atom stereocenters. The Bertz CT molecular complexity index is 782. The maximum Gasteiger partial charge on any atom is 0.251 e. The second kappa shape index (κ2) is 5.90. The normalized spacial score (nSPS) is 28.6. The van der Waals surface area contributed by atoms with E-state index >= 15 is 0 Å². The van der Waals surface area contributed by atoms with Gasteiger partial charge in [0, 0.05) is 53.8 Å². The van der Waals surface area contributed by atoms with Gasteiger partial charge < -0.3 is 19.8 Å². The number of carbonyl (C=O) groups is 1. The summed E-state index contributed by atoms with van der Waals surface area (Å²) in [5.41, 5.74) is 4.13. The molecule has 1 aromatic carbocycles. The predicted molar refractivity (Wildman–Crippen MR) is 92.2 cm³/mol. The minimum Gasteiger partial charge on any atom is -0.384 e. The number of methoxy groups -OCH3 is 1. The monoisotopic (exact) mass is 328 g/mol. The number of aromatic nitrogens is 1. The van der Waals surface area contributed by atoms with Crippen molar-refractivity contribution in [1.29, 1.82) is 0 Å². The highest BCUT2D eigenvalue weighted by Crippen LogP contribution is 2.43. The second-order valence-electron chi connectivity index (χ2n) is 7.04. The van der Waals surface area contributed by atoms with Crippen LogP contribution in [0.1, 0.15) is 28.0 Å². The van der Waals surface area contributed by atoms with Crippen molar-refractivity contribution in [2.45, 2.75) is 32.4 Å². The second-order valence-corrected chi connectivity index (χ2v) is 7.04. The third-order valence-electron chi connectivity index (χ3n) is 5.76. The van der Waals surface area contributed by atoms with Crippen LogP contribution in [0.4, 0.5) is 0 Å². The number of rotatable bonds is 4. The van der Waals surface area contributed by atoms with Gasteiger partial charge in [0.05, 0.1) is 12.7 Å². The average molecular weight is 328 g/mol. The maximum atomic E-state index is 12.7. The van der Waals surface area contributed by atoms with Crippen molar-refractivity contribution in [2.75, 3.05) is 20.3 Å². The minimum absolute atomic E-state index is 0.00777. The highest BCUT2D eigenvalue weighted by atomic mass is 16.5. The van der Waals surface area contributed by atoms with Crippen molar-refractivity contribution in [3.05, 3.63) is 35.0 Å². The van der Waals surface area contributed by atoms with Crippen LogP contribution in [0.2, 0.25) is 0 Å². The number of aromatic amines is 1. The molecule has 2 aromatic rings. The van der Waals surface area contributed by atoms with Gasteiger partial charge in [-0.15, -0.1) is 0 Å². The SMILES string of the molecule is COCC1C(NC(=O)c2ccc3[nH]c(C)c(C)c3c2)C2CCOC21. The third-order valence-corrected chi connectivity index (χ3v) is 5.76. The highest BCUT2D eigenvalue weighted by Gasteiger charge is 2.54. The zero-order valence-corrected chi connectivity index (χ0v) is 14.4. The van der Waals surface area contributed by atoms with Crippen molar-refractivity contribution in [2.24, 2.45) is 11.8 Å². The molecule has 0 bridgehead atoms. The molecule has 0 radical (unpaired) electrons. The van der Waals surface area contributed by atoms with Gasteiger partial charge in [-0.3, -0.25) is 4.79 Å². The van der Waals surface area contributed by atoms with E-state index in [1.165, 1.54) is 5.56 Å². The fraction of sp³-hybridized carbons (Fsp3) is 0.526. The number of hydrogen-bond acceptors (Lipinski definition) is 3. The lowest BCUT2D eigenvalue weighted by Crippen LogP contribution is -2.62. The molecule has 2 aliphatic rings. The van der Waals surface area contributed by atoms with Gasteiger partial charge in [0.25, 0.3) is 5.91 Å². The van der Waals surface area contributed by atoms with E-state index in [2.05, 4.69) is 24.1 Å². The van der Waals surface area contributed by atoms with Gasteiger partial charge in [-0.05, 0) is 44.0 Å². The molecule has 5 heteroatoms. The van der Waals surface area contributed by atoms with E-state index in [1.807, 2.05) is 18.2 Å². The smallest absolute Gasteiger partial charge is 0.251 e. The van der Waals surface area contributed by atoms with E-state index in [0.29, 0.717) is 18.1 Å². The lowest BCUT2D eigenvalue weighted by Gasteiger charge is -2.47. The molecule has 4 rings (SSSR count). The molecule has 1 amide bonds. The summed E-state index contributed by atoms with van der Waals surface area (Å²) in [6.45, 7) is 5.55. The summed E-state index contributed by atoms with van der Waals surface area (Å²) in [6.07, 6.45) is 1.26. The number of nitrogens with one attached hydrogen (secondary N) is 2. The quantitative estimate of drug-likeness (QED) is 0.907. The van der Waals surface area contributed by atoms with Gasteiger partial charge >= 0.3 is 0 Å². The van der Waals surface area contributed by atoms with Crippen LogP contribution in [0, 0.1) is 25.7 Å². The Morgan fingerprint density at radius 1 is 1.42 bits per heavy atom. The number of amides is 1. The Morgan fingerprint density at radius 2 is 2.25 bits per heavy atom. The first-order valence-corrected chi connectivity index (χ1v) is 8.60. The molecule has 1 saturated carbocycles. The summed E-state index contributed by atoms with van der Waals surface area (Å²) in [4.78, 5) is 16.1. The number of carbonyl (C=O) groups excluding carboxylic acids is 1. The van der Waals surface area contributed by atoms with Crippen LogP contribution >= 0.6 is 0 Å². The topological polar surface area (TPSA) is 63.3 Å². The number of aryl methyl sites for hydroxylation is 2. The lowest BCUT2D eigenvalue weighted by molar-refractivity contribution is -0.0809. The Morgan fingerprint density at radius 3 is 3.04 bits per heavy atom. The number of ether oxygens (including phenoxy) is 2. The number of hydrogen-bond donors (Lipinski definition) is 2. The van der Waals surface area contributed by atoms with Crippen LogP contribution in [0.15, 0.2) is 18.2 Å². The van der Waals surface area contributed by atoms with Crippen LogP contribution in [-0.2, 0) is 9.47 Å².